The molecule has 0 aliphatic rings. The molecule has 2 nitrogen and oxygen atoms in total. The van der Waals surface area contributed by atoms with E-state index in [2.05, 4.69) is 0 Å². The molecule has 2 N–H and O–H groups in total. The fourth-order valence-corrected chi connectivity index (χ4v) is 1.67. The van der Waals surface area contributed by atoms with Crippen LogP contribution in [0.4, 0.5) is 5.69 Å². The standard InChI is InChI=1S/C8H7ClN2S/c9-7-2-1-6(11)5-8(7)12-4-3-10/h1-2,5H,4,11H2. The molecule has 0 spiro atoms. The zero-order valence-corrected chi connectivity index (χ0v) is 7.82. The van der Waals surface area contributed by atoms with E-state index in [4.69, 9.17) is 22.6 Å². The van der Waals surface area contributed by atoms with E-state index in [1.54, 1.807) is 18.2 Å². The number of hydrogen-bond acceptors (Lipinski definition) is 3. The van der Waals surface area contributed by atoms with Crippen LogP contribution in [-0.4, -0.2) is 5.75 Å². The maximum Gasteiger partial charge on any atom is 0.0855 e. The van der Waals surface area contributed by atoms with Crippen molar-refractivity contribution in [3.8, 4) is 6.07 Å². The lowest BCUT2D eigenvalue weighted by atomic mass is 10.3. The minimum atomic E-state index is 0.392. The second-order valence-electron chi connectivity index (χ2n) is 2.14. The molecule has 1 aromatic carbocycles. The predicted octanol–water partition coefficient (Wildman–Crippen LogP) is 2.54. The van der Waals surface area contributed by atoms with Crippen molar-refractivity contribution in [2.75, 3.05) is 11.5 Å². The van der Waals surface area contributed by atoms with E-state index in [1.807, 2.05) is 6.07 Å². The number of benzene rings is 1. The van der Waals surface area contributed by atoms with Crippen LogP contribution in [0, 0.1) is 11.3 Å². The number of rotatable bonds is 2. The van der Waals surface area contributed by atoms with Gasteiger partial charge in [0.05, 0.1) is 16.8 Å². The molecule has 0 aliphatic heterocycles. The highest BCUT2D eigenvalue weighted by Crippen LogP contribution is 2.28. The van der Waals surface area contributed by atoms with E-state index in [0.29, 0.717) is 16.5 Å². The SMILES string of the molecule is N#CCSc1cc(N)ccc1Cl. The minimum Gasteiger partial charge on any atom is -0.399 e. The summed E-state index contributed by atoms with van der Waals surface area (Å²) >= 11 is 7.23. The van der Waals surface area contributed by atoms with Crippen molar-refractivity contribution in [1.82, 2.24) is 0 Å². The average Bonchev–Trinajstić information content (AvgIpc) is 2.07. The molecule has 4 heteroatoms. The van der Waals surface area contributed by atoms with Gasteiger partial charge in [0.2, 0.25) is 0 Å². The molecule has 0 radical (unpaired) electrons. The Morgan fingerprint density at radius 1 is 1.58 bits per heavy atom. The topological polar surface area (TPSA) is 49.8 Å². The Morgan fingerprint density at radius 3 is 3.00 bits per heavy atom. The first-order valence-corrected chi connectivity index (χ1v) is 4.65. The van der Waals surface area contributed by atoms with E-state index in [1.165, 1.54) is 11.8 Å². The van der Waals surface area contributed by atoms with Gasteiger partial charge in [0.25, 0.3) is 0 Å². The zero-order valence-electron chi connectivity index (χ0n) is 6.25. The van der Waals surface area contributed by atoms with Crippen molar-refractivity contribution in [2.24, 2.45) is 0 Å². The first-order chi connectivity index (χ1) is 5.74. The lowest BCUT2D eigenvalue weighted by Crippen LogP contribution is -1.85. The molecule has 0 aromatic heterocycles. The van der Waals surface area contributed by atoms with Gasteiger partial charge < -0.3 is 5.73 Å². The van der Waals surface area contributed by atoms with Crippen LogP contribution in [-0.2, 0) is 0 Å². The van der Waals surface area contributed by atoms with Gasteiger partial charge in [-0.05, 0) is 18.2 Å². The lowest BCUT2D eigenvalue weighted by Gasteiger charge is -2.01. The van der Waals surface area contributed by atoms with Crippen LogP contribution in [0.15, 0.2) is 23.1 Å². The summed E-state index contributed by atoms with van der Waals surface area (Å²) in [5.74, 6) is 0.392. The van der Waals surface area contributed by atoms with Crippen LogP contribution in [0.3, 0.4) is 0 Å². The van der Waals surface area contributed by atoms with Gasteiger partial charge in [-0.2, -0.15) is 5.26 Å². The number of nitriles is 1. The van der Waals surface area contributed by atoms with Crippen molar-refractivity contribution < 1.29 is 0 Å². The maximum atomic E-state index is 8.34. The molecule has 62 valence electrons. The number of halogens is 1. The van der Waals surface area contributed by atoms with Crippen molar-refractivity contribution in [3.05, 3.63) is 23.2 Å². The zero-order chi connectivity index (χ0) is 8.97. The van der Waals surface area contributed by atoms with Crippen LogP contribution < -0.4 is 5.73 Å². The van der Waals surface area contributed by atoms with Crippen molar-refractivity contribution in [2.45, 2.75) is 4.90 Å². The molecular formula is C8H7ClN2S. The highest BCUT2D eigenvalue weighted by atomic mass is 35.5. The highest BCUT2D eigenvalue weighted by Gasteiger charge is 2.00. The molecule has 0 atom stereocenters. The Morgan fingerprint density at radius 2 is 2.33 bits per heavy atom. The first kappa shape index (κ1) is 9.24. The average molecular weight is 199 g/mol. The number of nitrogens with two attached hydrogens (primary N) is 1. The molecule has 0 aliphatic carbocycles. The van der Waals surface area contributed by atoms with Gasteiger partial charge in [0, 0.05) is 10.6 Å². The monoisotopic (exact) mass is 198 g/mol. The van der Waals surface area contributed by atoms with Crippen LogP contribution in [0.2, 0.25) is 5.02 Å². The molecule has 1 rings (SSSR count). The van der Waals surface area contributed by atoms with Crippen LogP contribution >= 0.6 is 23.4 Å². The molecule has 0 fully saturated rings. The van der Waals surface area contributed by atoms with Gasteiger partial charge in [-0.15, -0.1) is 11.8 Å². The molecule has 0 unspecified atom stereocenters. The number of anilines is 1. The van der Waals surface area contributed by atoms with E-state index in [9.17, 15) is 0 Å². The Balaban J connectivity index is 2.84. The molecule has 0 amide bonds. The molecule has 0 heterocycles. The minimum absolute atomic E-state index is 0.392. The summed E-state index contributed by atoms with van der Waals surface area (Å²) in [6.07, 6.45) is 0. The summed E-state index contributed by atoms with van der Waals surface area (Å²) < 4.78 is 0. The largest absolute Gasteiger partial charge is 0.399 e. The normalized spacial score (nSPS) is 9.33. The first-order valence-electron chi connectivity index (χ1n) is 3.29. The van der Waals surface area contributed by atoms with Gasteiger partial charge in [-0.25, -0.2) is 0 Å². The van der Waals surface area contributed by atoms with E-state index >= 15 is 0 Å². The molecule has 12 heavy (non-hydrogen) atoms. The number of thioether (sulfide) groups is 1. The van der Waals surface area contributed by atoms with Gasteiger partial charge in [0.15, 0.2) is 0 Å². The Labute approximate surface area is 80.3 Å². The Hall–Kier alpha value is -0.850. The number of nitrogens with zero attached hydrogens (tertiary/aromatic N) is 1. The summed E-state index contributed by atoms with van der Waals surface area (Å²) in [4.78, 5) is 0.859. The lowest BCUT2D eigenvalue weighted by molar-refractivity contribution is 1.45. The molecule has 1 aromatic rings. The Bertz CT molecular complexity index is 319. The van der Waals surface area contributed by atoms with Crippen LogP contribution in [0.25, 0.3) is 0 Å². The van der Waals surface area contributed by atoms with Crippen LogP contribution in [0.1, 0.15) is 0 Å². The fourth-order valence-electron chi connectivity index (χ4n) is 0.741. The highest BCUT2D eigenvalue weighted by molar-refractivity contribution is 7.99. The van der Waals surface area contributed by atoms with Gasteiger partial charge >= 0.3 is 0 Å². The maximum absolute atomic E-state index is 8.34. The third kappa shape index (κ3) is 2.33. The molecule has 0 saturated heterocycles. The molecular weight excluding hydrogens is 192 g/mol. The van der Waals surface area contributed by atoms with Gasteiger partial charge in [-0.3, -0.25) is 0 Å². The van der Waals surface area contributed by atoms with Crippen molar-refractivity contribution >= 4 is 29.1 Å². The molecule has 0 saturated carbocycles. The summed E-state index contributed by atoms with van der Waals surface area (Å²) in [7, 11) is 0. The summed E-state index contributed by atoms with van der Waals surface area (Å²) in [6.45, 7) is 0. The van der Waals surface area contributed by atoms with E-state index in [-0.39, 0.29) is 0 Å². The number of hydrogen-bond donors (Lipinski definition) is 1. The second kappa shape index (κ2) is 4.24. The summed E-state index contributed by atoms with van der Waals surface area (Å²) in [5.41, 5.74) is 6.21. The quantitative estimate of drug-likeness (QED) is 0.587. The molecule has 0 bridgehead atoms. The smallest absolute Gasteiger partial charge is 0.0855 e. The van der Waals surface area contributed by atoms with E-state index < -0.39 is 0 Å². The van der Waals surface area contributed by atoms with Crippen LogP contribution in [0.5, 0.6) is 0 Å². The third-order valence-electron chi connectivity index (χ3n) is 1.25. The third-order valence-corrected chi connectivity index (χ3v) is 2.61. The van der Waals surface area contributed by atoms with E-state index in [0.717, 1.165) is 4.90 Å². The van der Waals surface area contributed by atoms with Gasteiger partial charge in [-0.1, -0.05) is 11.6 Å². The Kier molecular flexibility index (Phi) is 3.27. The summed E-state index contributed by atoms with van der Waals surface area (Å²) in [6, 6.07) is 7.26. The second-order valence-corrected chi connectivity index (χ2v) is 3.56. The number of nitrogen functional groups attached to an aromatic ring is 1. The summed E-state index contributed by atoms with van der Waals surface area (Å²) in [5, 5.41) is 8.99. The fraction of sp³-hybridized carbons (Fsp3) is 0.125. The van der Waals surface area contributed by atoms with Gasteiger partial charge in [0.1, 0.15) is 0 Å². The predicted molar refractivity (Wildman–Crippen MR) is 52.2 cm³/mol. The van der Waals surface area contributed by atoms with Crippen molar-refractivity contribution in [3.63, 3.8) is 0 Å². The van der Waals surface area contributed by atoms with Crippen molar-refractivity contribution in [1.29, 1.82) is 5.26 Å².